The fourth-order valence-electron chi connectivity index (χ4n) is 2.93. The zero-order chi connectivity index (χ0) is 19.0. The molecule has 0 spiro atoms. The first-order valence-corrected chi connectivity index (χ1v) is 9.08. The van der Waals surface area contributed by atoms with Crippen molar-refractivity contribution in [3.63, 3.8) is 0 Å². The van der Waals surface area contributed by atoms with Gasteiger partial charge in [0, 0.05) is 11.3 Å². The van der Waals surface area contributed by atoms with Gasteiger partial charge in [0.05, 0.1) is 12.5 Å². The van der Waals surface area contributed by atoms with Crippen LogP contribution in [0.4, 0.5) is 0 Å². The number of nitrogens with two attached hydrogens (primary N) is 1. The number of aryl methyl sites for hydroxylation is 2. The number of amides is 1. The van der Waals surface area contributed by atoms with E-state index >= 15 is 0 Å². The highest BCUT2D eigenvalue weighted by Gasteiger charge is 2.22. The van der Waals surface area contributed by atoms with Gasteiger partial charge in [-0.05, 0) is 44.0 Å². The lowest BCUT2D eigenvalue weighted by Gasteiger charge is -2.17. The molecule has 2 N–H and O–H groups in total. The molecule has 1 atom stereocenters. The molecule has 7 heteroatoms. The molecule has 3 aromatic rings. The van der Waals surface area contributed by atoms with Crippen LogP contribution in [0.2, 0.25) is 0 Å². The van der Waals surface area contributed by atoms with Crippen molar-refractivity contribution in [2.75, 3.05) is 7.11 Å². The molecule has 0 saturated carbocycles. The van der Waals surface area contributed by atoms with E-state index in [1.807, 2.05) is 38.1 Å². The summed E-state index contributed by atoms with van der Waals surface area (Å²) in [4.78, 5) is 31.4. The van der Waals surface area contributed by atoms with E-state index in [2.05, 4.69) is 0 Å². The molecule has 3 rings (SSSR count). The van der Waals surface area contributed by atoms with Crippen molar-refractivity contribution in [1.82, 2.24) is 9.55 Å². The van der Waals surface area contributed by atoms with Crippen LogP contribution in [0.3, 0.4) is 0 Å². The molecule has 0 aliphatic carbocycles. The van der Waals surface area contributed by atoms with E-state index in [4.69, 9.17) is 15.5 Å². The Kier molecular flexibility index (Phi) is 4.82. The Morgan fingerprint density at radius 2 is 1.96 bits per heavy atom. The third-order valence-electron chi connectivity index (χ3n) is 4.63. The van der Waals surface area contributed by atoms with Gasteiger partial charge < -0.3 is 10.5 Å². The summed E-state index contributed by atoms with van der Waals surface area (Å²) in [7, 11) is 1.61. The zero-order valence-corrected chi connectivity index (χ0v) is 16.0. The largest absolute Gasteiger partial charge is 0.497 e. The van der Waals surface area contributed by atoms with E-state index in [1.165, 1.54) is 15.9 Å². The summed E-state index contributed by atoms with van der Waals surface area (Å²) < 4.78 is 6.60. The van der Waals surface area contributed by atoms with Gasteiger partial charge in [0.1, 0.15) is 22.4 Å². The molecule has 26 heavy (non-hydrogen) atoms. The van der Waals surface area contributed by atoms with Crippen molar-refractivity contribution in [1.29, 1.82) is 0 Å². The molecule has 2 heterocycles. The molecule has 1 amide bonds. The summed E-state index contributed by atoms with van der Waals surface area (Å²) in [5.41, 5.74) is 7.14. The Morgan fingerprint density at radius 1 is 1.31 bits per heavy atom. The molecular weight excluding hydrogens is 350 g/mol. The Hall–Kier alpha value is -2.67. The van der Waals surface area contributed by atoms with Crippen LogP contribution < -0.4 is 16.0 Å². The van der Waals surface area contributed by atoms with Crippen molar-refractivity contribution in [2.24, 2.45) is 5.73 Å². The second-order valence-electron chi connectivity index (χ2n) is 6.27. The van der Waals surface area contributed by atoms with E-state index in [0.29, 0.717) is 22.5 Å². The van der Waals surface area contributed by atoms with Crippen molar-refractivity contribution < 1.29 is 9.53 Å². The lowest BCUT2D eigenvalue weighted by atomic mass is 10.1. The number of primary amides is 1. The van der Waals surface area contributed by atoms with Crippen LogP contribution in [0.25, 0.3) is 10.2 Å². The number of fused-ring (bicyclic) bond motifs is 1. The maximum atomic E-state index is 13.1. The Bertz CT molecular complexity index is 1030. The second kappa shape index (κ2) is 6.92. The Balaban J connectivity index is 2.19. The number of thiophene rings is 1. The first-order valence-electron chi connectivity index (χ1n) is 8.26. The van der Waals surface area contributed by atoms with Gasteiger partial charge in [-0.2, -0.15) is 0 Å². The van der Waals surface area contributed by atoms with Gasteiger partial charge in [0.25, 0.3) is 5.56 Å². The summed E-state index contributed by atoms with van der Waals surface area (Å²) >= 11 is 1.49. The maximum Gasteiger partial charge on any atom is 0.263 e. The summed E-state index contributed by atoms with van der Waals surface area (Å²) in [6.07, 6.45) is 0.419. The quantitative estimate of drug-likeness (QED) is 0.747. The minimum Gasteiger partial charge on any atom is -0.497 e. The highest BCUT2D eigenvalue weighted by Crippen LogP contribution is 2.27. The van der Waals surface area contributed by atoms with Gasteiger partial charge in [-0.25, -0.2) is 4.98 Å². The first kappa shape index (κ1) is 18.1. The average molecular weight is 371 g/mol. The van der Waals surface area contributed by atoms with Gasteiger partial charge >= 0.3 is 0 Å². The van der Waals surface area contributed by atoms with E-state index in [1.54, 1.807) is 14.0 Å². The first-order chi connectivity index (χ1) is 12.3. The molecule has 0 fully saturated rings. The molecule has 6 nitrogen and oxygen atoms in total. The molecule has 136 valence electrons. The van der Waals surface area contributed by atoms with Crippen LogP contribution in [0, 0.1) is 13.8 Å². The number of carbonyl (C=O) groups excluding carboxylic acids is 1. The smallest absolute Gasteiger partial charge is 0.263 e. The van der Waals surface area contributed by atoms with Crippen molar-refractivity contribution in [3.05, 3.63) is 56.4 Å². The summed E-state index contributed by atoms with van der Waals surface area (Å²) in [6, 6.07) is 6.77. The molecule has 2 aromatic heterocycles. The van der Waals surface area contributed by atoms with Crippen LogP contribution in [0.1, 0.15) is 34.8 Å². The summed E-state index contributed by atoms with van der Waals surface area (Å²) in [6.45, 7) is 5.50. The third kappa shape index (κ3) is 3.10. The van der Waals surface area contributed by atoms with Crippen molar-refractivity contribution >= 4 is 27.5 Å². The van der Waals surface area contributed by atoms with Crippen LogP contribution in [-0.2, 0) is 11.2 Å². The lowest BCUT2D eigenvalue weighted by Crippen LogP contribution is -2.35. The SMILES string of the molecule is COc1ccc(Cc2nc3sc(C)c(C)c3c(=O)n2C(C)C(N)=O)cc1. The van der Waals surface area contributed by atoms with Crippen LogP contribution in [0.15, 0.2) is 29.1 Å². The zero-order valence-electron chi connectivity index (χ0n) is 15.2. The molecular formula is C19H21N3O3S. The van der Waals surface area contributed by atoms with Crippen LogP contribution in [0.5, 0.6) is 5.75 Å². The monoisotopic (exact) mass is 371 g/mol. The fourth-order valence-corrected chi connectivity index (χ4v) is 3.96. The average Bonchev–Trinajstić information content (AvgIpc) is 2.89. The number of benzene rings is 1. The number of ether oxygens (including phenoxy) is 1. The molecule has 0 aliphatic heterocycles. The maximum absolute atomic E-state index is 13.1. The number of methoxy groups -OCH3 is 1. The Morgan fingerprint density at radius 3 is 2.54 bits per heavy atom. The van der Waals surface area contributed by atoms with Gasteiger partial charge in [0.2, 0.25) is 5.91 Å². The van der Waals surface area contributed by atoms with E-state index in [9.17, 15) is 9.59 Å². The predicted molar refractivity (Wildman–Crippen MR) is 103 cm³/mol. The third-order valence-corrected chi connectivity index (χ3v) is 5.73. The number of nitrogens with zero attached hydrogens (tertiary/aromatic N) is 2. The van der Waals surface area contributed by atoms with Gasteiger partial charge in [0.15, 0.2) is 0 Å². The standard InChI is InChI=1S/C19H21N3O3S/c1-10-12(3)26-18-16(10)19(24)22(11(2)17(20)23)15(21-18)9-13-5-7-14(25-4)8-6-13/h5-8,11H,9H2,1-4H3,(H2,20,23). The molecule has 1 unspecified atom stereocenters. The summed E-state index contributed by atoms with van der Waals surface area (Å²) in [5, 5.41) is 0.569. The van der Waals surface area contributed by atoms with Gasteiger partial charge in [-0.15, -0.1) is 11.3 Å². The minimum atomic E-state index is -0.771. The van der Waals surface area contributed by atoms with Gasteiger partial charge in [-0.3, -0.25) is 14.2 Å². The van der Waals surface area contributed by atoms with Crippen LogP contribution >= 0.6 is 11.3 Å². The van der Waals surface area contributed by atoms with Crippen molar-refractivity contribution in [2.45, 2.75) is 33.2 Å². The number of hydrogen-bond acceptors (Lipinski definition) is 5. The second-order valence-corrected chi connectivity index (χ2v) is 7.47. The number of rotatable bonds is 5. The molecule has 0 radical (unpaired) electrons. The molecule has 0 bridgehead atoms. The van der Waals surface area contributed by atoms with Crippen molar-refractivity contribution in [3.8, 4) is 5.75 Å². The van der Waals surface area contributed by atoms with Gasteiger partial charge in [-0.1, -0.05) is 12.1 Å². The topological polar surface area (TPSA) is 87.2 Å². The van der Waals surface area contributed by atoms with Crippen LogP contribution in [-0.4, -0.2) is 22.6 Å². The molecule has 1 aromatic carbocycles. The summed E-state index contributed by atoms with van der Waals surface area (Å²) in [5.74, 6) is 0.721. The molecule has 0 aliphatic rings. The highest BCUT2D eigenvalue weighted by atomic mass is 32.1. The minimum absolute atomic E-state index is 0.216. The van der Waals surface area contributed by atoms with E-state index in [-0.39, 0.29) is 5.56 Å². The predicted octanol–water partition coefficient (Wildman–Crippen LogP) is 2.72. The van der Waals surface area contributed by atoms with E-state index in [0.717, 1.165) is 21.8 Å². The number of carbonyl (C=O) groups is 1. The number of aromatic nitrogens is 2. The fraction of sp³-hybridized carbons (Fsp3) is 0.316. The lowest BCUT2D eigenvalue weighted by molar-refractivity contribution is -0.120. The van der Waals surface area contributed by atoms with E-state index < -0.39 is 11.9 Å². The normalized spacial score (nSPS) is 12.3. The Labute approximate surface area is 155 Å². The number of hydrogen-bond donors (Lipinski definition) is 1. The highest BCUT2D eigenvalue weighted by molar-refractivity contribution is 7.18. The molecule has 0 saturated heterocycles.